The zero-order valence-corrected chi connectivity index (χ0v) is 17.1. The van der Waals surface area contributed by atoms with Gasteiger partial charge in [0, 0.05) is 24.8 Å². The monoisotopic (exact) mass is 440 g/mol. The molecule has 3 rings (SSSR count). The summed E-state index contributed by atoms with van der Waals surface area (Å²) < 4.78 is 70.0. The Balaban J connectivity index is 1.53. The van der Waals surface area contributed by atoms with Crippen molar-refractivity contribution in [3.63, 3.8) is 0 Å². The summed E-state index contributed by atoms with van der Waals surface area (Å²) in [4.78, 5) is 12.1. The number of halogens is 4. The van der Waals surface area contributed by atoms with Crippen molar-refractivity contribution in [1.29, 1.82) is 0 Å². The third-order valence-electron chi connectivity index (χ3n) is 5.17. The van der Waals surface area contributed by atoms with Gasteiger partial charge in [-0.1, -0.05) is 6.92 Å². The summed E-state index contributed by atoms with van der Waals surface area (Å²) in [5.41, 5.74) is -0.439. The molecule has 0 N–H and O–H groups in total. The maximum atomic E-state index is 14.4. The minimum atomic E-state index is -1.69. The van der Waals surface area contributed by atoms with Crippen LogP contribution in [0.2, 0.25) is 0 Å². The van der Waals surface area contributed by atoms with Gasteiger partial charge in [-0.15, -0.1) is 0 Å². The van der Waals surface area contributed by atoms with Gasteiger partial charge in [0.15, 0.2) is 17.5 Å². The van der Waals surface area contributed by atoms with Gasteiger partial charge in [0.2, 0.25) is 0 Å². The molecule has 0 bridgehead atoms. The summed E-state index contributed by atoms with van der Waals surface area (Å²) >= 11 is 0. The van der Waals surface area contributed by atoms with Gasteiger partial charge in [-0.05, 0) is 50.2 Å². The van der Waals surface area contributed by atoms with Crippen molar-refractivity contribution >= 4 is 5.97 Å². The molecule has 2 aromatic carbocycles. The molecule has 4 nitrogen and oxygen atoms in total. The van der Waals surface area contributed by atoms with Crippen LogP contribution in [0.15, 0.2) is 30.3 Å². The van der Waals surface area contributed by atoms with Crippen LogP contribution in [0.4, 0.5) is 17.6 Å². The van der Waals surface area contributed by atoms with E-state index in [9.17, 15) is 22.4 Å². The van der Waals surface area contributed by atoms with Gasteiger partial charge in [0.1, 0.15) is 17.3 Å². The topological polar surface area (TPSA) is 44.8 Å². The first-order chi connectivity index (χ1) is 14.9. The molecule has 0 atom stereocenters. The Labute approximate surface area is 178 Å². The molecule has 1 fully saturated rings. The molecule has 0 aliphatic heterocycles. The molecule has 1 aliphatic carbocycles. The van der Waals surface area contributed by atoms with Gasteiger partial charge in [-0.25, -0.2) is 22.4 Å². The number of esters is 1. The van der Waals surface area contributed by atoms with Gasteiger partial charge >= 0.3 is 5.97 Å². The van der Waals surface area contributed by atoms with E-state index in [2.05, 4.69) is 6.92 Å². The summed E-state index contributed by atoms with van der Waals surface area (Å²) in [6.45, 7) is 3.27. The van der Waals surface area contributed by atoms with Crippen LogP contribution in [-0.2, 0) is 4.74 Å². The third kappa shape index (κ3) is 6.19. The number of rotatable bonds is 8. The lowest BCUT2D eigenvalue weighted by molar-refractivity contribution is 0.0132. The first-order valence-corrected chi connectivity index (χ1v) is 10.3. The molecule has 0 aromatic heterocycles. The molecule has 168 valence electrons. The average Bonchev–Trinajstić information content (AvgIpc) is 2.75. The van der Waals surface area contributed by atoms with Crippen molar-refractivity contribution in [2.75, 3.05) is 13.2 Å². The molecule has 8 heteroatoms. The fraction of sp³-hybridized carbons (Fsp3) is 0.435. The molecular formula is C23H24F4O4. The van der Waals surface area contributed by atoms with Crippen LogP contribution in [0.25, 0.3) is 0 Å². The smallest absolute Gasteiger partial charge is 0.346 e. The van der Waals surface area contributed by atoms with Gasteiger partial charge in [0.25, 0.3) is 0 Å². The Hall–Kier alpha value is -2.61. The minimum absolute atomic E-state index is 0.261. The highest BCUT2D eigenvalue weighted by Gasteiger charge is 2.23. The predicted octanol–water partition coefficient (Wildman–Crippen LogP) is 5.83. The number of hydrogen-bond donors (Lipinski definition) is 0. The Morgan fingerprint density at radius 2 is 1.58 bits per heavy atom. The Morgan fingerprint density at radius 3 is 2.19 bits per heavy atom. The predicted molar refractivity (Wildman–Crippen MR) is 105 cm³/mol. The highest BCUT2D eigenvalue weighted by atomic mass is 19.2. The summed E-state index contributed by atoms with van der Waals surface area (Å²) in [6.07, 6.45) is 5.16. The van der Waals surface area contributed by atoms with E-state index in [0.29, 0.717) is 30.8 Å². The lowest BCUT2D eigenvalue weighted by atomic mass is 9.88. The van der Waals surface area contributed by atoms with Gasteiger partial charge < -0.3 is 14.2 Å². The molecule has 0 saturated heterocycles. The van der Waals surface area contributed by atoms with Crippen molar-refractivity contribution in [1.82, 2.24) is 0 Å². The van der Waals surface area contributed by atoms with E-state index in [1.807, 2.05) is 0 Å². The zero-order valence-electron chi connectivity index (χ0n) is 17.1. The lowest BCUT2D eigenvalue weighted by Crippen LogP contribution is -2.25. The summed E-state index contributed by atoms with van der Waals surface area (Å²) in [5.74, 6) is -6.75. The number of ether oxygens (including phenoxy) is 3. The Morgan fingerprint density at radius 1 is 0.935 bits per heavy atom. The van der Waals surface area contributed by atoms with Gasteiger partial charge in [-0.3, -0.25) is 0 Å². The SMILES string of the molecule is CCCO[C@H]1CC[C@H](COc2ccc(C(=O)Oc3cc(F)c(F)c(F)c3)c(F)c2)CC1. The first-order valence-electron chi connectivity index (χ1n) is 10.3. The minimum Gasteiger partial charge on any atom is -0.493 e. The quantitative estimate of drug-likeness (QED) is 0.224. The fourth-order valence-electron chi connectivity index (χ4n) is 3.47. The van der Waals surface area contributed by atoms with E-state index in [4.69, 9.17) is 14.2 Å². The maximum Gasteiger partial charge on any atom is 0.346 e. The standard InChI is InChI=1S/C23H24F4O4/c1-2-9-29-15-5-3-14(4-6-15)13-30-16-7-8-18(19(24)10-16)23(28)31-17-11-20(25)22(27)21(26)12-17/h7-8,10-12,14-15H,2-6,9,13H2,1H3/t14-,15-. The largest absolute Gasteiger partial charge is 0.493 e. The third-order valence-corrected chi connectivity index (χ3v) is 5.17. The number of carbonyl (C=O) groups is 1. The molecule has 2 aromatic rings. The van der Waals surface area contributed by atoms with Crippen molar-refractivity contribution in [3.05, 3.63) is 59.2 Å². The number of carbonyl (C=O) groups excluding carboxylic acids is 1. The second-order valence-electron chi connectivity index (χ2n) is 7.56. The highest BCUT2D eigenvalue weighted by molar-refractivity contribution is 5.91. The van der Waals surface area contributed by atoms with Crippen molar-refractivity contribution in [2.45, 2.75) is 45.1 Å². The van der Waals surface area contributed by atoms with Crippen LogP contribution in [0.1, 0.15) is 49.4 Å². The maximum absolute atomic E-state index is 14.4. The van der Waals surface area contributed by atoms with E-state index < -0.39 is 40.6 Å². The van der Waals surface area contributed by atoms with Crippen LogP contribution in [-0.4, -0.2) is 25.3 Å². The fourth-order valence-corrected chi connectivity index (χ4v) is 3.47. The summed E-state index contributed by atoms with van der Waals surface area (Å²) in [6, 6.07) is 4.65. The Kier molecular flexibility index (Phi) is 7.90. The van der Waals surface area contributed by atoms with E-state index in [1.54, 1.807) is 0 Å². The number of hydrogen-bond acceptors (Lipinski definition) is 4. The molecule has 1 aliphatic rings. The first kappa shape index (κ1) is 23.1. The van der Waals surface area contributed by atoms with E-state index in [0.717, 1.165) is 44.8 Å². The van der Waals surface area contributed by atoms with Gasteiger partial charge in [-0.2, -0.15) is 0 Å². The molecule has 0 spiro atoms. The van der Waals surface area contributed by atoms with Crippen LogP contribution in [0, 0.1) is 29.2 Å². The summed E-state index contributed by atoms with van der Waals surface area (Å²) in [7, 11) is 0. The average molecular weight is 440 g/mol. The molecule has 1 saturated carbocycles. The molecular weight excluding hydrogens is 416 g/mol. The lowest BCUT2D eigenvalue weighted by Gasteiger charge is -2.28. The van der Waals surface area contributed by atoms with Crippen molar-refractivity contribution in [2.24, 2.45) is 5.92 Å². The van der Waals surface area contributed by atoms with Crippen LogP contribution < -0.4 is 9.47 Å². The van der Waals surface area contributed by atoms with E-state index in [-0.39, 0.29) is 5.75 Å². The van der Waals surface area contributed by atoms with Crippen molar-refractivity contribution in [3.8, 4) is 11.5 Å². The zero-order chi connectivity index (χ0) is 22.4. The van der Waals surface area contributed by atoms with Crippen molar-refractivity contribution < 1.29 is 36.6 Å². The Bertz CT molecular complexity index is 887. The van der Waals surface area contributed by atoms with Crippen LogP contribution >= 0.6 is 0 Å². The molecule has 0 heterocycles. The highest BCUT2D eigenvalue weighted by Crippen LogP contribution is 2.28. The number of benzene rings is 2. The van der Waals surface area contributed by atoms with E-state index in [1.165, 1.54) is 12.1 Å². The molecule has 0 amide bonds. The normalized spacial score (nSPS) is 18.6. The molecule has 31 heavy (non-hydrogen) atoms. The second kappa shape index (κ2) is 10.6. The second-order valence-corrected chi connectivity index (χ2v) is 7.56. The molecule has 0 radical (unpaired) electrons. The summed E-state index contributed by atoms with van der Waals surface area (Å²) in [5, 5.41) is 0. The van der Waals surface area contributed by atoms with E-state index >= 15 is 0 Å². The van der Waals surface area contributed by atoms with Gasteiger partial charge in [0.05, 0.1) is 18.3 Å². The molecule has 0 unspecified atom stereocenters. The van der Waals surface area contributed by atoms with Crippen LogP contribution in [0.5, 0.6) is 11.5 Å². The van der Waals surface area contributed by atoms with Crippen LogP contribution in [0.3, 0.4) is 0 Å².